The van der Waals surface area contributed by atoms with Gasteiger partial charge in [0.25, 0.3) is 5.91 Å². The lowest BCUT2D eigenvalue weighted by atomic mass is 10.1. The zero-order valence-electron chi connectivity index (χ0n) is 16.1. The van der Waals surface area contributed by atoms with Crippen molar-refractivity contribution in [3.8, 4) is 5.69 Å². The van der Waals surface area contributed by atoms with Gasteiger partial charge in [-0.05, 0) is 55.2 Å². The SMILES string of the molecule is Cc1ccc(C(=O)NC2CC2)cc1-n1cnc(NNCc2ccc(F)cc2)c1N. The second kappa shape index (κ2) is 7.92. The summed E-state index contributed by atoms with van der Waals surface area (Å²) < 4.78 is 14.7. The Labute approximate surface area is 168 Å². The van der Waals surface area contributed by atoms with Crippen molar-refractivity contribution >= 4 is 17.5 Å². The van der Waals surface area contributed by atoms with E-state index < -0.39 is 0 Å². The summed E-state index contributed by atoms with van der Waals surface area (Å²) >= 11 is 0. The van der Waals surface area contributed by atoms with E-state index in [1.165, 1.54) is 12.1 Å². The van der Waals surface area contributed by atoms with Crippen molar-refractivity contribution in [1.29, 1.82) is 0 Å². The molecule has 29 heavy (non-hydrogen) atoms. The molecule has 3 aromatic rings. The van der Waals surface area contributed by atoms with E-state index >= 15 is 0 Å². The highest BCUT2D eigenvalue weighted by Crippen LogP contribution is 2.25. The van der Waals surface area contributed by atoms with Crippen molar-refractivity contribution in [2.24, 2.45) is 0 Å². The third-order valence-electron chi connectivity index (χ3n) is 4.86. The molecule has 1 saturated carbocycles. The molecule has 1 aliphatic carbocycles. The summed E-state index contributed by atoms with van der Waals surface area (Å²) in [6.45, 7) is 2.43. The normalized spacial score (nSPS) is 13.3. The molecule has 1 aromatic heterocycles. The van der Waals surface area contributed by atoms with Crippen molar-refractivity contribution < 1.29 is 9.18 Å². The molecule has 1 heterocycles. The Morgan fingerprint density at radius 1 is 1.24 bits per heavy atom. The molecule has 0 bridgehead atoms. The van der Waals surface area contributed by atoms with Crippen LogP contribution in [0.5, 0.6) is 0 Å². The molecule has 0 spiro atoms. The van der Waals surface area contributed by atoms with Crippen LogP contribution in [-0.4, -0.2) is 21.5 Å². The van der Waals surface area contributed by atoms with E-state index in [0.29, 0.717) is 29.8 Å². The van der Waals surface area contributed by atoms with Gasteiger partial charge in [-0.15, -0.1) is 0 Å². The summed E-state index contributed by atoms with van der Waals surface area (Å²) in [6, 6.07) is 12.1. The van der Waals surface area contributed by atoms with Crippen LogP contribution in [0.4, 0.5) is 16.0 Å². The van der Waals surface area contributed by atoms with Crippen LogP contribution < -0.4 is 21.9 Å². The average molecular weight is 394 g/mol. The molecule has 1 aliphatic rings. The quantitative estimate of drug-likeness (QED) is 0.462. The molecule has 5 N–H and O–H groups in total. The van der Waals surface area contributed by atoms with Gasteiger partial charge in [0, 0.05) is 18.2 Å². The largest absolute Gasteiger partial charge is 0.382 e. The summed E-state index contributed by atoms with van der Waals surface area (Å²) in [5.41, 5.74) is 15.6. The number of rotatable bonds is 7. The number of aryl methyl sites for hydroxylation is 1. The van der Waals surface area contributed by atoms with Crippen LogP contribution in [0.2, 0.25) is 0 Å². The van der Waals surface area contributed by atoms with Gasteiger partial charge in [0.05, 0.1) is 5.69 Å². The Morgan fingerprint density at radius 3 is 2.72 bits per heavy atom. The smallest absolute Gasteiger partial charge is 0.251 e. The molecule has 0 aliphatic heterocycles. The number of aromatic nitrogens is 2. The predicted octanol–water partition coefficient (Wildman–Crippen LogP) is 2.91. The molecule has 0 saturated heterocycles. The second-order valence-corrected chi connectivity index (χ2v) is 7.20. The van der Waals surface area contributed by atoms with Crippen molar-refractivity contribution in [3.05, 3.63) is 71.3 Å². The van der Waals surface area contributed by atoms with Crippen molar-refractivity contribution in [2.45, 2.75) is 32.4 Å². The minimum atomic E-state index is -0.270. The Morgan fingerprint density at radius 2 is 2.00 bits per heavy atom. The number of nitrogens with zero attached hydrogens (tertiary/aromatic N) is 2. The standard InChI is InChI=1S/C21H23FN6O/c1-13-2-5-15(21(29)26-17-8-9-17)10-18(13)28-12-24-20(19(28)23)27-25-11-14-3-6-16(22)7-4-14/h2-7,10,12,17,25,27H,8-9,11,23H2,1H3,(H,26,29). The summed E-state index contributed by atoms with van der Waals surface area (Å²) in [6.07, 6.45) is 3.69. The summed E-state index contributed by atoms with van der Waals surface area (Å²) in [4.78, 5) is 16.7. The minimum absolute atomic E-state index is 0.0771. The fraction of sp³-hybridized carbons (Fsp3) is 0.238. The fourth-order valence-electron chi connectivity index (χ4n) is 2.98. The molecule has 0 atom stereocenters. The van der Waals surface area contributed by atoms with Crippen LogP contribution >= 0.6 is 0 Å². The zero-order chi connectivity index (χ0) is 20.4. The number of carbonyl (C=O) groups excluding carboxylic acids is 1. The first-order chi connectivity index (χ1) is 14.0. The van der Waals surface area contributed by atoms with E-state index in [4.69, 9.17) is 5.73 Å². The fourth-order valence-corrected chi connectivity index (χ4v) is 2.98. The van der Waals surface area contributed by atoms with Gasteiger partial charge in [-0.1, -0.05) is 18.2 Å². The lowest BCUT2D eigenvalue weighted by Gasteiger charge is -2.12. The average Bonchev–Trinajstić information content (AvgIpc) is 3.45. The maximum absolute atomic E-state index is 13.0. The number of hydrogen-bond acceptors (Lipinski definition) is 5. The lowest BCUT2D eigenvalue weighted by molar-refractivity contribution is 0.0951. The minimum Gasteiger partial charge on any atom is -0.382 e. The summed E-state index contributed by atoms with van der Waals surface area (Å²) in [5, 5.41) is 2.99. The van der Waals surface area contributed by atoms with Gasteiger partial charge in [-0.3, -0.25) is 9.36 Å². The van der Waals surface area contributed by atoms with E-state index in [9.17, 15) is 9.18 Å². The van der Waals surface area contributed by atoms with Crippen molar-refractivity contribution in [2.75, 3.05) is 11.2 Å². The van der Waals surface area contributed by atoms with Gasteiger partial charge in [0.2, 0.25) is 0 Å². The van der Waals surface area contributed by atoms with Gasteiger partial charge in [-0.25, -0.2) is 14.8 Å². The van der Waals surface area contributed by atoms with E-state index in [0.717, 1.165) is 29.7 Å². The molecule has 8 heteroatoms. The van der Waals surface area contributed by atoms with Crippen LogP contribution in [-0.2, 0) is 6.54 Å². The third-order valence-corrected chi connectivity index (χ3v) is 4.86. The second-order valence-electron chi connectivity index (χ2n) is 7.20. The molecule has 0 radical (unpaired) electrons. The number of anilines is 2. The highest BCUT2D eigenvalue weighted by atomic mass is 19.1. The van der Waals surface area contributed by atoms with Gasteiger partial charge >= 0.3 is 0 Å². The number of hydrazine groups is 1. The first-order valence-electron chi connectivity index (χ1n) is 9.49. The number of amides is 1. The van der Waals surface area contributed by atoms with E-state index in [-0.39, 0.29) is 11.7 Å². The van der Waals surface area contributed by atoms with Gasteiger partial charge in [0.15, 0.2) is 11.6 Å². The number of hydrogen-bond donors (Lipinski definition) is 4. The first-order valence-corrected chi connectivity index (χ1v) is 9.49. The molecular formula is C21H23FN6O. The number of imidazole rings is 1. The Balaban J connectivity index is 1.47. The number of nitrogens with one attached hydrogen (secondary N) is 3. The Hall–Kier alpha value is -3.39. The Bertz CT molecular complexity index is 1030. The van der Waals surface area contributed by atoms with Gasteiger partial charge in [-0.2, -0.15) is 0 Å². The van der Waals surface area contributed by atoms with Crippen LogP contribution in [0, 0.1) is 12.7 Å². The topological polar surface area (TPSA) is 97.0 Å². The molecule has 150 valence electrons. The Kier molecular flexibility index (Phi) is 5.18. The highest BCUT2D eigenvalue weighted by molar-refractivity contribution is 5.95. The van der Waals surface area contributed by atoms with Gasteiger partial charge < -0.3 is 16.5 Å². The number of nitrogens with two attached hydrogens (primary N) is 1. The molecular weight excluding hydrogens is 371 g/mol. The first kappa shape index (κ1) is 18.9. The third kappa shape index (κ3) is 4.38. The number of benzene rings is 2. The molecule has 4 rings (SSSR count). The monoisotopic (exact) mass is 394 g/mol. The van der Waals surface area contributed by atoms with Crippen molar-refractivity contribution in [1.82, 2.24) is 20.3 Å². The van der Waals surface area contributed by atoms with Crippen LogP contribution in [0.1, 0.15) is 34.3 Å². The van der Waals surface area contributed by atoms with Crippen LogP contribution in [0.15, 0.2) is 48.8 Å². The summed E-state index contributed by atoms with van der Waals surface area (Å²) in [7, 11) is 0. The summed E-state index contributed by atoms with van der Waals surface area (Å²) in [5.74, 6) is 0.540. The van der Waals surface area contributed by atoms with Crippen LogP contribution in [0.3, 0.4) is 0 Å². The predicted molar refractivity (Wildman–Crippen MR) is 110 cm³/mol. The molecule has 2 aromatic carbocycles. The number of nitrogen functional groups attached to an aromatic ring is 1. The maximum atomic E-state index is 13.0. The molecule has 0 unspecified atom stereocenters. The molecule has 1 fully saturated rings. The van der Waals surface area contributed by atoms with Gasteiger partial charge in [0.1, 0.15) is 12.1 Å². The van der Waals surface area contributed by atoms with E-state index in [1.807, 2.05) is 25.1 Å². The number of carbonyl (C=O) groups is 1. The van der Waals surface area contributed by atoms with Crippen molar-refractivity contribution in [3.63, 3.8) is 0 Å². The zero-order valence-corrected chi connectivity index (χ0v) is 16.1. The van der Waals surface area contributed by atoms with E-state index in [2.05, 4.69) is 21.2 Å². The molecule has 7 nitrogen and oxygen atoms in total. The number of halogens is 1. The highest BCUT2D eigenvalue weighted by Gasteiger charge is 2.24. The maximum Gasteiger partial charge on any atom is 0.251 e. The van der Waals surface area contributed by atoms with E-state index in [1.54, 1.807) is 23.0 Å². The molecule has 1 amide bonds. The van der Waals surface area contributed by atoms with Crippen LogP contribution in [0.25, 0.3) is 5.69 Å². The lowest BCUT2D eigenvalue weighted by Crippen LogP contribution is -2.25.